The number of para-hydroxylation sites is 3. The topological polar surface area (TPSA) is 56.9 Å². The van der Waals surface area contributed by atoms with Crippen molar-refractivity contribution in [2.24, 2.45) is 0 Å². The minimum Gasteiger partial charge on any atom is -0.287 e. The first-order valence-electron chi connectivity index (χ1n) is 10.00. The maximum atomic E-state index is 13.3. The van der Waals surface area contributed by atoms with Gasteiger partial charge in [0.25, 0.3) is 5.56 Å². The molecule has 0 N–H and O–H groups in total. The molecular formula is C26H19N3O2. The van der Waals surface area contributed by atoms with Crippen molar-refractivity contribution >= 4 is 39.9 Å². The van der Waals surface area contributed by atoms with Gasteiger partial charge in [0, 0.05) is 24.1 Å². The second kappa shape index (κ2) is 7.54. The second-order valence-electron chi connectivity index (χ2n) is 7.29. The first-order valence-corrected chi connectivity index (χ1v) is 10.00. The summed E-state index contributed by atoms with van der Waals surface area (Å²) in [5, 5.41) is 1.53. The molecule has 0 fully saturated rings. The van der Waals surface area contributed by atoms with E-state index in [2.05, 4.69) is 0 Å². The lowest BCUT2D eigenvalue weighted by Gasteiger charge is -2.11. The Morgan fingerprint density at radius 2 is 1.52 bits per heavy atom. The summed E-state index contributed by atoms with van der Waals surface area (Å²) in [6, 6.07) is 24.6. The molecule has 0 saturated heterocycles. The highest BCUT2D eigenvalue weighted by Gasteiger charge is 2.12. The monoisotopic (exact) mass is 405 g/mol. The number of hydrogen-bond acceptors (Lipinski definition) is 3. The van der Waals surface area contributed by atoms with E-state index < -0.39 is 0 Å². The predicted molar refractivity (Wildman–Crippen MR) is 125 cm³/mol. The summed E-state index contributed by atoms with van der Waals surface area (Å²) < 4.78 is 3.25. The molecule has 0 saturated carbocycles. The summed E-state index contributed by atoms with van der Waals surface area (Å²) in [4.78, 5) is 30.1. The molecule has 0 aliphatic heterocycles. The molecule has 0 atom stereocenters. The molecule has 3 aromatic carbocycles. The Labute approximate surface area is 178 Å². The lowest BCUT2D eigenvalue weighted by atomic mass is 10.1. The average Bonchev–Trinajstić information content (AvgIpc) is 3.17. The van der Waals surface area contributed by atoms with Crippen LogP contribution in [0.3, 0.4) is 0 Å². The smallest absolute Gasteiger partial charge is 0.266 e. The van der Waals surface area contributed by atoms with Crippen molar-refractivity contribution < 1.29 is 4.79 Å². The average molecular weight is 405 g/mol. The second-order valence-corrected chi connectivity index (χ2v) is 7.29. The standard InChI is InChI=1S/C26H19N3O2/c1-18(30)28-17-19(21-11-6-8-14-24(21)28)15-16-25-27-23-13-7-5-12-22(23)26(31)29(25)20-9-3-2-4-10-20/h2-17H,1H3/b16-15-. The fourth-order valence-electron chi connectivity index (χ4n) is 3.85. The normalized spacial score (nSPS) is 11.5. The highest BCUT2D eigenvalue weighted by Crippen LogP contribution is 2.23. The molecule has 2 heterocycles. The SMILES string of the molecule is CC(=O)n1cc(/C=C\c2nc3ccccc3c(=O)n2-c2ccccc2)c2ccccc21. The number of benzene rings is 3. The van der Waals surface area contributed by atoms with E-state index in [4.69, 9.17) is 4.98 Å². The van der Waals surface area contributed by atoms with Crippen LogP contribution in [0.2, 0.25) is 0 Å². The van der Waals surface area contributed by atoms with Crippen LogP contribution in [0, 0.1) is 0 Å². The van der Waals surface area contributed by atoms with Crippen molar-refractivity contribution in [1.29, 1.82) is 0 Å². The zero-order chi connectivity index (χ0) is 21.4. The third kappa shape index (κ3) is 3.26. The van der Waals surface area contributed by atoms with Crippen molar-refractivity contribution in [3.05, 3.63) is 107 Å². The highest BCUT2D eigenvalue weighted by molar-refractivity contribution is 5.98. The molecule has 0 amide bonds. The van der Waals surface area contributed by atoms with E-state index in [0.29, 0.717) is 16.7 Å². The van der Waals surface area contributed by atoms with Gasteiger partial charge in [-0.25, -0.2) is 4.98 Å². The van der Waals surface area contributed by atoms with Gasteiger partial charge in [-0.1, -0.05) is 48.5 Å². The van der Waals surface area contributed by atoms with Gasteiger partial charge in [-0.3, -0.25) is 18.7 Å². The van der Waals surface area contributed by atoms with E-state index in [-0.39, 0.29) is 11.5 Å². The van der Waals surface area contributed by atoms with Gasteiger partial charge in [0.05, 0.1) is 22.1 Å². The van der Waals surface area contributed by atoms with Crippen LogP contribution < -0.4 is 5.56 Å². The van der Waals surface area contributed by atoms with Gasteiger partial charge in [-0.05, 0) is 42.5 Å². The molecular weight excluding hydrogens is 386 g/mol. The molecule has 0 unspecified atom stereocenters. The lowest BCUT2D eigenvalue weighted by Crippen LogP contribution is -2.22. The maximum absolute atomic E-state index is 13.3. The molecule has 0 spiro atoms. The van der Waals surface area contributed by atoms with Gasteiger partial charge in [-0.2, -0.15) is 0 Å². The summed E-state index contributed by atoms with van der Waals surface area (Å²) in [6.07, 6.45) is 5.54. The summed E-state index contributed by atoms with van der Waals surface area (Å²) in [6.45, 7) is 1.54. The van der Waals surface area contributed by atoms with E-state index in [1.54, 1.807) is 15.2 Å². The maximum Gasteiger partial charge on any atom is 0.266 e. The van der Waals surface area contributed by atoms with Gasteiger partial charge in [0.2, 0.25) is 5.91 Å². The molecule has 5 heteroatoms. The van der Waals surface area contributed by atoms with Gasteiger partial charge in [-0.15, -0.1) is 0 Å². The molecule has 0 aliphatic rings. The Balaban J connectivity index is 1.73. The number of rotatable bonds is 3. The quantitative estimate of drug-likeness (QED) is 0.416. The molecule has 31 heavy (non-hydrogen) atoms. The molecule has 5 nitrogen and oxygen atoms in total. The largest absolute Gasteiger partial charge is 0.287 e. The van der Waals surface area contributed by atoms with Crippen LogP contribution >= 0.6 is 0 Å². The fraction of sp³-hybridized carbons (Fsp3) is 0.0385. The Morgan fingerprint density at radius 3 is 2.29 bits per heavy atom. The third-order valence-electron chi connectivity index (χ3n) is 5.31. The summed E-state index contributed by atoms with van der Waals surface area (Å²) in [5.41, 5.74) is 3.00. The minimum absolute atomic E-state index is 0.0547. The molecule has 0 bridgehead atoms. The zero-order valence-corrected chi connectivity index (χ0v) is 16.9. The van der Waals surface area contributed by atoms with E-state index in [1.807, 2.05) is 91.1 Å². The van der Waals surface area contributed by atoms with Crippen LogP contribution in [0.4, 0.5) is 0 Å². The van der Waals surface area contributed by atoms with Gasteiger partial charge in [0.15, 0.2) is 0 Å². The molecule has 5 rings (SSSR count). The third-order valence-corrected chi connectivity index (χ3v) is 5.31. The number of fused-ring (bicyclic) bond motifs is 2. The number of hydrogen-bond donors (Lipinski definition) is 0. The summed E-state index contributed by atoms with van der Waals surface area (Å²) >= 11 is 0. The van der Waals surface area contributed by atoms with E-state index in [0.717, 1.165) is 22.2 Å². The predicted octanol–water partition coefficient (Wildman–Crippen LogP) is 5.17. The minimum atomic E-state index is -0.123. The first-order chi connectivity index (χ1) is 15.1. The van der Waals surface area contributed by atoms with Crippen molar-refractivity contribution in [2.45, 2.75) is 6.92 Å². The van der Waals surface area contributed by atoms with Gasteiger partial charge >= 0.3 is 0 Å². The van der Waals surface area contributed by atoms with Crippen LogP contribution in [0.1, 0.15) is 23.1 Å². The first kappa shape index (κ1) is 18.8. The van der Waals surface area contributed by atoms with Crippen molar-refractivity contribution in [3.8, 4) is 5.69 Å². The lowest BCUT2D eigenvalue weighted by molar-refractivity contribution is 0.0941. The van der Waals surface area contributed by atoms with Crippen LogP contribution in [0.5, 0.6) is 0 Å². The number of carbonyl (C=O) groups excluding carboxylic acids is 1. The van der Waals surface area contributed by atoms with E-state index in [1.165, 1.54) is 6.92 Å². The number of aromatic nitrogens is 3. The zero-order valence-electron chi connectivity index (χ0n) is 16.9. The Morgan fingerprint density at radius 1 is 0.839 bits per heavy atom. The molecule has 150 valence electrons. The van der Waals surface area contributed by atoms with Gasteiger partial charge in [0.1, 0.15) is 5.82 Å². The van der Waals surface area contributed by atoms with Crippen LogP contribution in [-0.4, -0.2) is 20.0 Å². The van der Waals surface area contributed by atoms with Crippen LogP contribution in [-0.2, 0) is 0 Å². The van der Waals surface area contributed by atoms with Crippen molar-refractivity contribution in [1.82, 2.24) is 14.1 Å². The highest BCUT2D eigenvalue weighted by atomic mass is 16.1. The number of nitrogens with zero attached hydrogens (tertiary/aromatic N) is 3. The van der Waals surface area contributed by atoms with Gasteiger partial charge < -0.3 is 0 Å². The summed E-state index contributed by atoms with van der Waals surface area (Å²) in [5.74, 6) is 0.468. The van der Waals surface area contributed by atoms with Crippen LogP contribution in [0.15, 0.2) is 89.9 Å². The Bertz CT molecular complexity index is 1530. The van der Waals surface area contributed by atoms with E-state index in [9.17, 15) is 9.59 Å². The van der Waals surface area contributed by atoms with E-state index >= 15 is 0 Å². The Kier molecular flexibility index (Phi) is 4.56. The van der Waals surface area contributed by atoms with Crippen molar-refractivity contribution in [2.75, 3.05) is 0 Å². The number of carbonyl (C=O) groups is 1. The summed E-state index contributed by atoms with van der Waals surface area (Å²) in [7, 11) is 0. The molecule has 5 aromatic rings. The van der Waals surface area contributed by atoms with Crippen LogP contribution in [0.25, 0.3) is 39.6 Å². The Hall–Kier alpha value is -4.25. The molecule has 2 aromatic heterocycles. The fourth-order valence-corrected chi connectivity index (χ4v) is 3.85. The molecule has 0 radical (unpaired) electrons. The van der Waals surface area contributed by atoms with Crippen molar-refractivity contribution in [3.63, 3.8) is 0 Å². The molecule has 0 aliphatic carbocycles.